The minimum Gasteiger partial charge on any atom is -0.459 e. The van der Waals surface area contributed by atoms with E-state index in [1.54, 1.807) is 19.2 Å². The van der Waals surface area contributed by atoms with Gasteiger partial charge in [-0.25, -0.2) is 0 Å². The zero-order chi connectivity index (χ0) is 21.8. The molecule has 0 aliphatic carbocycles. The molecule has 2 heterocycles. The highest BCUT2D eigenvalue weighted by molar-refractivity contribution is 6.30. The van der Waals surface area contributed by atoms with Crippen molar-refractivity contribution in [1.82, 2.24) is 15.5 Å². The lowest BCUT2D eigenvalue weighted by Crippen LogP contribution is -2.52. The first-order valence-electron chi connectivity index (χ1n) is 10.2. The van der Waals surface area contributed by atoms with E-state index in [1.807, 2.05) is 53.4 Å². The van der Waals surface area contributed by atoms with Gasteiger partial charge >= 0.3 is 0 Å². The first-order chi connectivity index (χ1) is 15.0. The predicted octanol–water partition coefficient (Wildman–Crippen LogP) is 3.39. The van der Waals surface area contributed by atoms with Crippen molar-refractivity contribution in [3.05, 3.63) is 82.6 Å². The molecular weight excluding hydrogens is 414 g/mol. The summed E-state index contributed by atoms with van der Waals surface area (Å²) in [7, 11) is 1.62. The third-order valence-corrected chi connectivity index (χ3v) is 5.74. The summed E-state index contributed by atoms with van der Waals surface area (Å²) in [6.07, 6.45) is 0.589. The van der Waals surface area contributed by atoms with Crippen LogP contribution in [0.15, 0.2) is 65.1 Å². The van der Waals surface area contributed by atoms with E-state index in [0.29, 0.717) is 29.5 Å². The highest BCUT2D eigenvalue weighted by Gasteiger charge is 2.31. The predicted molar refractivity (Wildman–Crippen MR) is 119 cm³/mol. The van der Waals surface area contributed by atoms with E-state index in [1.165, 1.54) is 0 Å². The molecule has 1 aromatic heterocycles. The number of fused-ring (bicyclic) bond motifs is 1. The molecule has 0 spiro atoms. The Morgan fingerprint density at radius 3 is 2.55 bits per heavy atom. The number of likely N-dealkylation sites (N-methyl/N-ethyl adjacent to an activating group) is 1. The van der Waals surface area contributed by atoms with Crippen LogP contribution in [0.5, 0.6) is 0 Å². The third-order valence-electron chi connectivity index (χ3n) is 5.49. The van der Waals surface area contributed by atoms with Gasteiger partial charge in [-0.3, -0.25) is 14.5 Å². The van der Waals surface area contributed by atoms with Gasteiger partial charge in [-0.05, 0) is 53.9 Å². The Kier molecular flexibility index (Phi) is 6.39. The summed E-state index contributed by atoms with van der Waals surface area (Å²) in [5.41, 5.74) is 3.22. The topological polar surface area (TPSA) is 74.6 Å². The lowest BCUT2D eigenvalue weighted by atomic mass is 9.93. The van der Waals surface area contributed by atoms with E-state index >= 15 is 0 Å². The molecule has 0 bridgehead atoms. The van der Waals surface area contributed by atoms with Crippen LogP contribution in [-0.4, -0.2) is 36.3 Å². The molecule has 0 saturated heterocycles. The number of hydrogen-bond donors (Lipinski definition) is 2. The highest BCUT2D eigenvalue weighted by atomic mass is 35.5. The van der Waals surface area contributed by atoms with Gasteiger partial charge in [0, 0.05) is 24.2 Å². The Bertz CT molecular complexity index is 1080. The van der Waals surface area contributed by atoms with Crippen LogP contribution in [0, 0.1) is 0 Å². The Morgan fingerprint density at radius 1 is 1.06 bits per heavy atom. The van der Waals surface area contributed by atoms with Gasteiger partial charge in [0.2, 0.25) is 11.8 Å². The summed E-state index contributed by atoms with van der Waals surface area (Å²) in [6.45, 7) is 0.974. The number of rotatable bonds is 6. The van der Waals surface area contributed by atoms with Crippen LogP contribution in [-0.2, 0) is 29.1 Å². The van der Waals surface area contributed by atoms with Gasteiger partial charge < -0.3 is 15.1 Å². The van der Waals surface area contributed by atoms with E-state index in [0.717, 1.165) is 16.7 Å². The van der Waals surface area contributed by atoms with Crippen LogP contribution in [0.2, 0.25) is 5.02 Å². The average Bonchev–Trinajstić information content (AvgIpc) is 3.26. The SMILES string of the molecule is CNC(=O)[C@@H]1Cc2ccccc2CN1CC(=O)NCc1ccc(-c2ccc(Cl)cc2)o1. The maximum atomic E-state index is 12.6. The summed E-state index contributed by atoms with van der Waals surface area (Å²) in [5, 5.41) is 6.27. The number of furan rings is 1. The smallest absolute Gasteiger partial charge is 0.237 e. The molecule has 160 valence electrons. The van der Waals surface area contributed by atoms with E-state index < -0.39 is 0 Å². The molecule has 2 N–H and O–H groups in total. The van der Waals surface area contributed by atoms with Crippen LogP contribution in [0.1, 0.15) is 16.9 Å². The van der Waals surface area contributed by atoms with Gasteiger partial charge in [-0.15, -0.1) is 0 Å². The highest BCUT2D eigenvalue weighted by Crippen LogP contribution is 2.25. The van der Waals surface area contributed by atoms with E-state index in [-0.39, 0.29) is 30.9 Å². The Labute approximate surface area is 186 Å². The third kappa shape index (κ3) is 4.98. The lowest BCUT2D eigenvalue weighted by Gasteiger charge is -2.35. The van der Waals surface area contributed by atoms with E-state index in [2.05, 4.69) is 10.6 Å². The fraction of sp³-hybridized carbons (Fsp3) is 0.250. The van der Waals surface area contributed by atoms with Crippen molar-refractivity contribution in [2.24, 2.45) is 0 Å². The van der Waals surface area contributed by atoms with Crippen molar-refractivity contribution in [2.45, 2.75) is 25.6 Å². The molecule has 0 unspecified atom stereocenters. The van der Waals surface area contributed by atoms with Crippen LogP contribution >= 0.6 is 11.6 Å². The molecule has 6 nitrogen and oxygen atoms in total. The monoisotopic (exact) mass is 437 g/mol. The Balaban J connectivity index is 1.38. The molecule has 0 saturated carbocycles. The van der Waals surface area contributed by atoms with Crippen molar-refractivity contribution in [1.29, 1.82) is 0 Å². The van der Waals surface area contributed by atoms with Gasteiger partial charge in [-0.2, -0.15) is 0 Å². The van der Waals surface area contributed by atoms with Crippen LogP contribution in [0.3, 0.4) is 0 Å². The number of hydrogen-bond acceptors (Lipinski definition) is 4. The second kappa shape index (κ2) is 9.37. The summed E-state index contributed by atoms with van der Waals surface area (Å²) in [4.78, 5) is 26.9. The van der Waals surface area contributed by atoms with Gasteiger partial charge in [0.1, 0.15) is 11.5 Å². The van der Waals surface area contributed by atoms with E-state index in [9.17, 15) is 9.59 Å². The van der Waals surface area contributed by atoms with Gasteiger partial charge in [0.15, 0.2) is 0 Å². The van der Waals surface area contributed by atoms with Crippen molar-refractivity contribution in [3.8, 4) is 11.3 Å². The quantitative estimate of drug-likeness (QED) is 0.620. The number of amides is 2. The first kappa shape index (κ1) is 21.2. The van der Waals surface area contributed by atoms with Gasteiger partial charge in [-0.1, -0.05) is 35.9 Å². The van der Waals surface area contributed by atoms with Crippen LogP contribution in [0.25, 0.3) is 11.3 Å². The molecule has 2 aromatic carbocycles. The van der Waals surface area contributed by atoms with Crippen molar-refractivity contribution in [2.75, 3.05) is 13.6 Å². The van der Waals surface area contributed by atoms with Crippen molar-refractivity contribution in [3.63, 3.8) is 0 Å². The van der Waals surface area contributed by atoms with Gasteiger partial charge in [0.25, 0.3) is 0 Å². The normalized spacial score (nSPS) is 15.9. The first-order valence-corrected chi connectivity index (χ1v) is 10.5. The lowest BCUT2D eigenvalue weighted by molar-refractivity contribution is -0.129. The zero-order valence-corrected chi connectivity index (χ0v) is 18.0. The molecule has 31 heavy (non-hydrogen) atoms. The molecule has 7 heteroatoms. The van der Waals surface area contributed by atoms with Crippen molar-refractivity contribution >= 4 is 23.4 Å². The Hall–Kier alpha value is -3.09. The maximum absolute atomic E-state index is 12.6. The van der Waals surface area contributed by atoms with Crippen molar-refractivity contribution < 1.29 is 14.0 Å². The Morgan fingerprint density at radius 2 is 1.81 bits per heavy atom. The fourth-order valence-electron chi connectivity index (χ4n) is 3.84. The molecule has 3 aromatic rings. The second-order valence-corrected chi connectivity index (χ2v) is 7.99. The molecule has 2 amide bonds. The summed E-state index contributed by atoms with van der Waals surface area (Å²) >= 11 is 5.93. The minimum atomic E-state index is -0.370. The summed E-state index contributed by atoms with van der Waals surface area (Å²) in [6, 6.07) is 18.8. The molecule has 0 radical (unpaired) electrons. The van der Waals surface area contributed by atoms with E-state index in [4.69, 9.17) is 16.0 Å². The van der Waals surface area contributed by atoms with Crippen LogP contribution < -0.4 is 10.6 Å². The van der Waals surface area contributed by atoms with Crippen LogP contribution in [0.4, 0.5) is 0 Å². The summed E-state index contributed by atoms with van der Waals surface area (Å²) in [5.74, 6) is 1.14. The fourth-order valence-corrected chi connectivity index (χ4v) is 3.96. The minimum absolute atomic E-state index is 0.0825. The number of halogens is 1. The maximum Gasteiger partial charge on any atom is 0.237 e. The molecular formula is C24H24ClN3O3. The molecule has 0 fully saturated rings. The molecule has 1 atom stereocenters. The molecule has 1 aliphatic rings. The van der Waals surface area contributed by atoms with Gasteiger partial charge in [0.05, 0.1) is 19.1 Å². The number of nitrogens with one attached hydrogen (secondary N) is 2. The second-order valence-electron chi connectivity index (χ2n) is 7.56. The number of carbonyl (C=O) groups is 2. The molecule has 1 aliphatic heterocycles. The largest absolute Gasteiger partial charge is 0.459 e. The zero-order valence-electron chi connectivity index (χ0n) is 17.2. The summed E-state index contributed by atoms with van der Waals surface area (Å²) < 4.78 is 5.84. The molecule has 4 rings (SSSR count). The number of carbonyl (C=O) groups excluding carboxylic acids is 2. The number of benzene rings is 2. The number of nitrogens with zero attached hydrogens (tertiary/aromatic N) is 1. The average molecular weight is 438 g/mol. The standard InChI is InChI=1S/C24H24ClN3O3/c1-26-24(30)21-12-17-4-2-3-5-18(17)14-28(21)15-23(29)27-13-20-10-11-22(31-20)16-6-8-19(25)9-7-16/h2-11,21H,12-15H2,1H3,(H,26,30)(H,27,29)/t21-/m0/s1.